The zero-order chi connectivity index (χ0) is 17.0. The number of nitrogens with zero attached hydrogens (tertiary/aromatic N) is 2. The van der Waals surface area contributed by atoms with Crippen molar-refractivity contribution in [1.82, 2.24) is 9.78 Å². The molecule has 0 unspecified atom stereocenters. The van der Waals surface area contributed by atoms with Crippen LogP contribution >= 0.6 is 15.9 Å². The van der Waals surface area contributed by atoms with Crippen molar-refractivity contribution in [2.24, 2.45) is 0 Å². The minimum atomic E-state index is -2.87. The first-order chi connectivity index (χ1) is 10.8. The fourth-order valence-electron chi connectivity index (χ4n) is 1.99. The highest BCUT2D eigenvalue weighted by Gasteiger charge is 2.09. The molecule has 0 aliphatic rings. The van der Waals surface area contributed by atoms with E-state index < -0.39 is 6.61 Å². The standard InChI is InChI=1S/C15H16BrF2N3O2/c1-9-7-11(23-15(17)18)3-4-13(9)19-14(22)5-6-21-8-12(16)10(2)20-21/h3-4,7-8,15H,5-6H2,1-2H3,(H,19,22). The second kappa shape index (κ2) is 7.54. The SMILES string of the molecule is Cc1cc(OC(F)F)ccc1NC(=O)CCn1cc(Br)c(C)n1. The number of carbonyl (C=O) groups excluding carboxylic acids is 1. The molecule has 0 spiro atoms. The molecule has 124 valence electrons. The van der Waals surface area contributed by atoms with Crippen LogP contribution in [0.5, 0.6) is 5.75 Å². The molecule has 0 saturated carbocycles. The van der Waals surface area contributed by atoms with E-state index in [4.69, 9.17) is 0 Å². The summed E-state index contributed by atoms with van der Waals surface area (Å²) < 4.78 is 31.2. The van der Waals surface area contributed by atoms with Gasteiger partial charge in [0.1, 0.15) is 5.75 Å². The molecule has 0 fully saturated rings. The zero-order valence-electron chi connectivity index (χ0n) is 12.6. The van der Waals surface area contributed by atoms with Crippen LogP contribution in [0.25, 0.3) is 0 Å². The number of nitrogens with one attached hydrogen (secondary N) is 1. The van der Waals surface area contributed by atoms with Gasteiger partial charge in [-0.15, -0.1) is 0 Å². The number of alkyl halides is 2. The Morgan fingerprint density at radius 2 is 2.17 bits per heavy atom. The molecule has 1 aromatic carbocycles. The predicted octanol–water partition coefficient (Wildman–Crippen LogP) is 3.89. The van der Waals surface area contributed by atoms with Crippen molar-refractivity contribution in [3.63, 3.8) is 0 Å². The normalized spacial score (nSPS) is 10.9. The van der Waals surface area contributed by atoms with Crippen molar-refractivity contribution in [1.29, 1.82) is 0 Å². The maximum Gasteiger partial charge on any atom is 0.387 e. The van der Waals surface area contributed by atoms with Gasteiger partial charge in [0, 0.05) is 24.8 Å². The zero-order valence-corrected chi connectivity index (χ0v) is 14.2. The lowest BCUT2D eigenvalue weighted by molar-refractivity contribution is -0.116. The highest BCUT2D eigenvalue weighted by atomic mass is 79.9. The van der Waals surface area contributed by atoms with E-state index in [0.717, 1.165) is 10.2 Å². The highest BCUT2D eigenvalue weighted by molar-refractivity contribution is 9.10. The number of amides is 1. The minimum Gasteiger partial charge on any atom is -0.435 e. The molecule has 0 bridgehead atoms. The molecule has 0 radical (unpaired) electrons. The summed E-state index contributed by atoms with van der Waals surface area (Å²) in [5, 5.41) is 7.00. The van der Waals surface area contributed by atoms with Crippen LogP contribution in [0.4, 0.5) is 14.5 Å². The number of ether oxygens (including phenoxy) is 1. The molecule has 2 aromatic rings. The molecular weight excluding hydrogens is 372 g/mol. The highest BCUT2D eigenvalue weighted by Crippen LogP contribution is 2.23. The second-order valence-corrected chi connectivity index (χ2v) is 5.83. The Kier molecular flexibility index (Phi) is 5.70. The molecule has 1 aromatic heterocycles. The Labute approximate surface area is 140 Å². The van der Waals surface area contributed by atoms with Gasteiger partial charge in [-0.2, -0.15) is 13.9 Å². The molecule has 0 aliphatic carbocycles. The third-order valence-corrected chi connectivity index (χ3v) is 3.93. The summed E-state index contributed by atoms with van der Waals surface area (Å²) in [6.45, 7) is 1.16. The molecule has 5 nitrogen and oxygen atoms in total. The summed E-state index contributed by atoms with van der Waals surface area (Å²) in [5.74, 6) is -0.118. The van der Waals surface area contributed by atoms with Gasteiger partial charge >= 0.3 is 6.61 Å². The molecular formula is C15H16BrF2N3O2. The summed E-state index contributed by atoms with van der Waals surface area (Å²) in [6, 6.07) is 4.39. The van der Waals surface area contributed by atoms with E-state index in [2.05, 4.69) is 31.1 Å². The monoisotopic (exact) mass is 387 g/mol. The van der Waals surface area contributed by atoms with Gasteiger partial charge in [-0.1, -0.05) is 0 Å². The number of aromatic nitrogens is 2. The van der Waals surface area contributed by atoms with Gasteiger partial charge in [0.2, 0.25) is 5.91 Å². The van der Waals surface area contributed by atoms with Gasteiger partial charge in [-0.25, -0.2) is 0 Å². The number of rotatable bonds is 6. The van der Waals surface area contributed by atoms with Crippen LogP contribution in [-0.2, 0) is 11.3 Å². The second-order valence-electron chi connectivity index (χ2n) is 4.98. The number of aryl methyl sites for hydroxylation is 3. The summed E-state index contributed by atoms with van der Waals surface area (Å²) in [5.41, 5.74) is 2.07. The molecule has 0 aliphatic heterocycles. The number of anilines is 1. The van der Waals surface area contributed by atoms with Crippen LogP contribution in [0.1, 0.15) is 17.7 Å². The molecule has 23 heavy (non-hydrogen) atoms. The average Bonchev–Trinajstić information content (AvgIpc) is 2.78. The first kappa shape index (κ1) is 17.4. The van der Waals surface area contributed by atoms with E-state index in [1.165, 1.54) is 12.1 Å². The van der Waals surface area contributed by atoms with E-state index in [0.29, 0.717) is 17.8 Å². The van der Waals surface area contributed by atoms with Gasteiger partial charge in [0.15, 0.2) is 0 Å². The van der Waals surface area contributed by atoms with Crippen molar-refractivity contribution in [2.75, 3.05) is 5.32 Å². The van der Waals surface area contributed by atoms with E-state index in [-0.39, 0.29) is 18.1 Å². The van der Waals surface area contributed by atoms with E-state index in [9.17, 15) is 13.6 Å². The topological polar surface area (TPSA) is 56.1 Å². The lowest BCUT2D eigenvalue weighted by Gasteiger charge is -2.11. The first-order valence-corrected chi connectivity index (χ1v) is 7.69. The van der Waals surface area contributed by atoms with Crippen LogP contribution in [0.15, 0.2) is 28.9 Å². The van der Waals surface area contributed by atoms with Crippen LogP contribution in [0, 0.1) is 13.8 Å². The summed E-state index contributed by atoms with van der Waals surface area (Å²) in [6.07, 6.45) is 2.06. The lowest BCUT2D eigenvalue weighted by Crippen LogP contribution is -2.15. The van der Waals surface area contributed by atoms with Crippen molar-refractivity contribution < 1.29 is 18.3 Å². The smallest absolute Gasteiger partial charge is 0.387 e. The van der Waals surface area contributed by atoms with Gasteiger partial charge < -0.3 is 10.1 Å². The fraction of sp³-hybridized carbons (Fsp3) is 0.333. The fourth-order valence-corrected chi connectivity index (χ4v) is 2.31. The summed E-state index contributed by atoms with van der Waals surface area (Å²) in [7, 11) is 0. The molecule has 8 heteroatoms. The summed E-state index contributed by atoms with van der Waals surface area (Å²) >= 11 is 3.36. The Morgan fingerprint density at radius 1 is 1.43 bits per heavy atom. The molecule has 1 N–H and O–H groups in total. The van der Waals surface area contributed by atoms with Crippen molar-refractivity contribution in [3.8, 4) is 5.75 Å². The van der Waals surface area contributed by atoms with Gasteiger partial charge in [0.05, 0.1) is 10.2 Å². The van der Waals surface area contributed by atoms with Gasteiger partial charge in [-0.05, 0) is 53.5 Å². The molecule has 0 atom stereocenters. The average molecular weight is 388 g/mol. The third kappa shape index (κ3) is 5.02. The first-order valence-electron chi connectivity index (χ1n) is 6.90. The van der Waals surface area contributed by atoms with Crippen LogP contribution < -0.4 is 10.1 Å². The molecule has 1 heterocycles. The van der Waals surface area contributed by atoms with Crippen molar-refractivity contribution in [2.45, 2.75) is 33.4 Å². The van der Waals surface area contributed by atoms with Gasteiger partial charge in [0.25, 0.3) is 0 Å². The molecule has 1 amide bonds. The molecule has 0 saturated heterocycles. The number of carbonyl (C=O) groups is 1. The number of halogens is 3. The Bertz CT molecular complexity index is 685. The number of benzene rings is 1. The van der Waals surface area contributed by atoms with Crippen LogP contribution in [0.2, 0.25) is 0 Å². The largest absolute Gasteiger partial charge is 0.435 e. The Balaban J connectivity index is 1.92. The van der Waals surface area contributed by atoms with E-state index in [1.54, 1.807) is 17.7 Å². The predicted molar refractivity (Wildman–Crippen MR) is 85.7 cm³/mol. The minimum absolute atomic E-state index is 0.0624. The van der Waals surface area contributed by atoms with E-state index in [1.807, 2.05) is 13.1 Å². The van der Waals surface area contributed by atoms with Crippen molar-refractivity contribution in [3.05, 3.63) is 40.1 Å². The molecule has 2 rings (SSSR count). The lowest BCUT2D eigenvalue weighted by atomic mass is 10.2. The summed E-state index contributed by atoms with van der Waals surface area (Å²) in [4.78, 5) is 12.0. The number of hydrogen-bond acceptors (Lipinski definition) is 3. The Hall–Kier alpha value is -1.96. The van der Waals surface area contributed by atoms with Crippen LogP contribution in [0.3, 0.4) is 0 Å². The number of hydrogen-bond donors (Lipinski definition) is 1. The van der Waals surface area contributed by atoms with Crippen molar-refractivity contribution >= 4 is 27.5 Å². The third-order valence-electron chi connectivity index (χ3n) is 3.15. The van der Waals surface area contributed by atoms with E-state index >= 15 is 0 Å². The Morgan fingerprint density at radius 3 is 2.74 bits per heavy atom. The van der Waals surface area contributed by atoms with Gasteiger partial charge in [-0.3, -0.25) is 9.48 Å². The van der Waals surface area contributed by atoms with Crippen LogP contribution in [-0.4, -0.2) is 22.3 Å². The maximum absolute atomic E-state index is 12.2. The maximum atomic E-state index is 12.2. The quantitative estimate of drug-likeness (QED) is 0.817.